The molecule has 1 unspecified atom stereocenters. The molecule has 0 aromatic rings. The van der Waals surface area contributed by atoms with Crippen molar-refractivity contribution in [2.75, 3.05) is 6.61 Å². The van der Waals surface area contributed by atoms with E-state index < -0.39 is 0 Å². The van der Waals surface area contributed by atoms with Crippen LogP contribution in [0.4, 0.5) is 0 Å². The van der Waals surface area contributed by atoms with Crippen molar-refractivity contribution in [2.24, 2.45) is 17.3 Å². The number of Topliss-reactive ketones (excluding diaryl/α,β-unsaturated/α-hetero) is 1. The van der Waals surface area contributed by atoms with Gasteiger partial charge in [0.05, 0.1) is 0 Å². The van der Waals surface area contributed by atoms with Gasteiger partial charge < -0.3 is 9.90 Å². The molecule has 1 N–H and O–H groups in total. The largest absolute Gasteiger partial charge is 0.396 e. The van der Waals surface area contributed by atoms with Crippen molar-refractivity contribution in [3.63, 3.8) is 0 Å². The highest BCUT2D eigenvalue weighted by atomic mass is 16.3. The van der Waals surface area contributed by atoms with E-state index in [9.17, 15) is 4.79 Å². The van der Waals surface area contributed by atoms with E-state index in [0.717, 1.165) is 0 Å². The number of rotatable bonds is 3. The summed E-state index contributed by atoms with van der Waals surface area (Å²) in [4.78, 5) is 10.8. The molecule has 1 aliphatic carbocycles. The monoisotopic (exact) mass is 156 g/mol. The summed E-state index contributed by atoms with van der Waals surface area (Å²) in [6, 6.07) is 0. The van der Waals surface area contributed by atoms with Crippen molar-refractivity contribution in [1.29, 1.82) is 0 Å². The van der Waals surface area contributed by atoms with Gasteiger partial charge in [-0.2, -0.15) is 0 Å². The normalized spacial score (nSPS) is 33.5. The van der Waals surface area contributed by atoms with E-state index in [1.165, 1.54) is 0 Å². The molecule has 0 heterocycles. The Bertz CT molecular complexity index is 172. The maximum atomic E-state index is 10.8. The fourth-order valence-electron chi connectivity index (χ4n) is 1.94. The summed E-state index contributed by atoms with van der Waals surface area (Å²) in [7, 11) is 0. The molecule has 0 radical (unpaired) electrons. The van der Waals surface area contributed by atoms with Gasteiger partial charge in [0.1, 0.15) is 5.78 Å². The number of carbonyl (C=O) groups is 1. The third kappa shape index (κ3) is 1.45. The van der Waals surface area contributed by atoms with Gasteiger partial charge in [0.2, 0.25) is 0 Å². The molecule has 0 aromatic carbocycles. The van der Waals surface area contributed by atoms with Crippen LogP contribution in [0.15, 0.2) is 0 Å². The van der Waals surface area contributed by atoms with Crippen LogP contribution in [0.1, 0.15) is 27.2 Å². The van der Waals surface area contributed by atoms with Crippen LogP contribution < -0.4 is 0 Å². The molecule has 1 aliphatic rings. The third-order valence-electron chi connectivity index (χ3n) is 2.99. The van der Waals surface area contributed by atoms with Crippen molar-refractivity contribution in [1.82, 2.24) is 0 Å². The topological polar surface area (TPSA) is 37.3 Å². The summed E-state index contributed by atoms with van der Waals surface area (Å²) >= 11 is 0. The van der Waals surface area contributed by atoms with Crippen LogP contribution in [0.5, 0.6) is 0 Å². The predicted octanol–water partition coefficient (Wildman–Crippen LogP) is 1.23. The second-order valence-electron chi connectivity index (χ2n) is 4.12. The minimum absolute atomic E-state index is 0.195. The molecule has 0 saturated heterocycles. The van der Waals surface area contributed by atoms with Gasteiger partial charge in [0, 0.05) is 13.0 Å². The highest BCUT2D eigenvalue weighted by molar-refractivity contribution is 5.76. The molecule has 64 valence electrons. The highest BCUT2D eigenvalue weighted by Gasteiger charge is 2.56. The lowest BCUT2D eigenvalue weighted by molar-refractivity contribution is -0.117. The molecule has 2 nitrogen and oxygen atoms in total. The van der Waals surface area contributed by atoms with Crippen LogP contribution in [-0.4, -0.2) is 17.5 Å². The molecule has 1 fully saturated rings. The summed E-state index contributed by atoms with van der Waals surface area (Å²) < 4.78 is 0. The quantitative estimate of drug-likeness (QED) is 0.667. The van der Waals surface area contributed by atoms with E-state index in [4.69, 9.17) is 5.11 Å². The minimum Gasteiger partial charge on any atom is -0.396 e. The lowest BCUT2D eigenvalue weighted by Crippen LogP contribution is -1.96. The number of hydrogen-bond acceptors (Lipinski definition) is 2. The second-order valence-corrected chi connectivity index (χ2v) is 4.12. The summed E-state index contributed by atoms with van der Waals surface area (Å²) in [6.07, 6.45) is 0.637. The first-order valence-electron chi connectivity index (χ1n) is 4.10. The van der Waals surface area contributed by atoms with Crippen molar-refractivity contribution in [3.05, 3.63) is 0 Å². The minimum atomic E-state index is 0.195. The van der Waals surface area contributed by atoms with E-state index in [2.05, 4.69) is 13.8 Å². The third-order valence-corrected chi connectivity index (χ3v) is 2.99. The Morgan fingerprint density at radius 2 is 2.00 bits per heavy atom. The Morgan fingerprint density at radius 3 is 2.27 bits per heavy atom. The Labute approximate surface area is 67.6 Å². The molecule has 0 aromatic heterocycles. The standard InChI is InChI=1S/C9H16O2/c1-6(11)4-7-8(5-10)9(7,2)3/h7-8,10H,4-5H2,1-3H3/t7-,8?/m1/s1. The molecular formula is C9H16O2. The summed E-state index contributed by atoms with van der Waals surface area (Å²) in [6.45, 7) is 6.07. The molecule has 11 heavy (non-hydrogen) atoms. The summed E-state index contributed by atoms with van der Waals surface area (Å²) in [5, 5.41) is 8.91. The summed E-state index contributed by atoms with van der Waals surface area (Å²) in [5.74, 6) is 1.01. The van der Waals surface area contributed by atoms with Gasteiger partial charge in [-0.1, -0.05) is 13.8 Å². The Kier molecular flexibility index (Phi) is 2.06. The van der Waals surface area contributed by atoms with Crippen molar-refractivity contribution >= 4 is 5.78 Å². The molecule has 0 aliphatic heterocycles. The van der Waals surface area contributed by atoms with Crippen LogP contribution >= 0.6 is 0 Å². The molecular weight excluding hydrogens is 140 g/mol. The first-order valence-corrected chi connectivity index (χ1v) is 4.10. The lowest BCUT2D eigenvalue weighted by Gasteiger charge is -1.98. The number of carbonyl (C=O) groups excluding carboxylic acids is 1. The van der Waals surface area contributed by atoms with Gasteiger partial charge in [-0.25, -0.2) is 0 Å². The van der Waals surface area contributed by atoms with E-state index >= 15 is 0 Å². The maximum Gasteiger partial charge on any atom is 0.130 e. The fourth-order valence-corrected chi connectivity index (χ4v) is 1.94. The van der Waals surface area contributed by atoms with Crippen LogP contribution in [-0.2, 0) is 4.79 Å². The van der Waals surface area contributed by atoms with E-state index in [1.807, 2.05) is 0 Å². The Hall–Kier alpha value is -0.370. The van der Waals surface area contributed by atoms with Gasteiger partial charge in [-0.3, -0.25) is 0 Å². The molecule has 1 rings (SSSR count). The van der Waals surface area contributed by atoms with Crippen LogP contribution in [0.3, 0.4) is 0 Å². The number of aliphatic hydroxyl groups excluding tert-OH is 1. The maximum absolute atomic E-state index is 10.8. The number of ketones is 1. The number of aliphatic hydroxyl groups is 1. The van der Waals surface area contributed by atoms with E-state index in [-0.39, 0.29) is 17.8 Å². The highest BCUT2D eigenvalue weighted by Crippen LogP contribution is 2.59. The molecule has 2 atom stereocenters. The zero-order chi connectivity index (χ0) is 8.65. The van der Waals surface area contributed by atoms with Gasteiger partial charge >= 0.3 is 0 Å². The van der Waals surface area contributed by atoms with Crippen molar-refractivity contribution in [3.8, 4) is 0 Å². The molecule has 1 saturated carbocycles. The fraction of sp³-hybridized carbons (Fsp3) is 0.889. The first-order chi connectivity index (χ1) is 5.00. The summed E-state index contributed by atoms with van der Waals surface area (Å²) in [5.41, 5.74) is 0.195. The molecule has 0 amide bonds. The zero-order valence-corrected chi connectivity index (χ0v) is 7.42. The molecule has 0 bridgehead atoms. The van der Waals surface area contributed by atoms with Gasteiger partial charge in [0.15, 0.2) is 0 Å². The average molecular weight is 156 g/mol. The lowest BCUT2D eigenvalue weighted by atomic mass is 10.1. The Morgan fingerprint density at radius 1 is 1.45 bits per heavy atom. The van der Waals surface area contributed by atoms with Crippen molar-refractivity contribution in [2.45, 2.75) is 27.2 Å². The van der Waals surface area contributed by atoms with E-state index in [0.29, 0.717) is 18.3 Å². The van der Waals surface area contributed by atoms with Crippen LogP contribution in [0.2, 0.25) is 0 Å². The molecule has 2 heteroatoms. The van der Waals surface area contributed by atoms with Crippen molar-refractivity contribution < 1.29 is 9.90 Å². The van der Waals surface area contributed by atoms with E-state index in [1.54, 1.807) is 6.92 Å². The van der Waals surface area contributed by atoms with Gasteiger partial charge in [-0.15, -0.1) is 0 Å². The molecule has 0 spiro atoms. The first kappa shape index (κ1) is 8.72. The smallest absolute Gasteiger partial charge is 0.130 e. The Balaban J connectivity index is 2.46. The van der Waals surface area contributed by atoms with Crippen LogP contribution in [0.25, 0.3) is 0 Å². The number of hydrogen-bond donors (Lipinski definition) is 1. The van der Waals surface area contributed by atoms with Crippen LogP contribution in [0, 0.1) is 17.3 Å². The zero-order valence-electron chi connectivity index (χ0n) is 7.42. The van der Waals surface area contributed by atoms with Gasteiger partial charge in [-0.05, 0) is 24.2 Å². The average Bonchev–Trinajstić information content (AvgIpc) is 2.33. The van der Waals surface area contributed by atoms with Gasteiger partial charge in [0.25, 0.3) is 0 Å². The SMILES string of the molecule is CC(=O)C[C@@H]1C(CO)C1(C)C. The predicted molar refractivity (Wildman–Crippen MR) is 43.1 cm³/mol. The second kappa shape index (κ2) is 2.59.